The average Bonchev–Trinajstić information content (AvgIpc) is 3.71. The molecule has 2 atom stereocenters. The lowest BCUT2D eigenvalue weighted by molar-refractivity contribution is -0.143. The number of ether oxygens (including phenoxy) is 1. The van der Waals surface area contributed by atoms with Crippen molar-refractivity contribution in [2.24, 2.45) is 5.92 Å². The van der Waals surface area contributed by atoms with Gasteiger partial charge in [0.25, 0.3) is 0 Å². The normalized spacial score (nSPS) is 18.8. The van der Waals surface area contributed by atoms with E-state index in [2.05, 4.69) is 0 Å². The van der Waals surface area contributed by atoms with E-state index in [0.717, 1.165) is 0 Å². The molecule has 43 heavy (non-hydrogen) atoms. The van der Waals surface area contributed by atoms with E-state index in [9.17, 15) is 40.3 Å². The number of hydrogen-bond acceptors (Lipinski definition) is 3. The molecule has 0 N–H and O–H groups in total. The van der Waals surface area contributed by atoms with Crippen LogP contribution in [0.2, 0.25) is 0 Å². The van der Waals surface area contributed by atoms with E-state index in [1.165, 1.54) is 39.9 Å². The van der Waals surface area contributed by atoms with Crippen LogP contribution in [0.3, 0.4) is 0 Å². The van der Waals surface area contributed by atoms with Crippen molar-refractivity contribution in [2.45, 2.75) is 70.6 Å². The lowest BCUT2D eigenvalue weighted by Crippen LogP contribution is -2.56. The average molecular weight is 618 g/mol. The Labute approximate surface area is 245 Å². The second-order valence-electron chi connectivity index (χ2n) is 12.2. The number of rotatable bonds is 4. The molecule has 2 unspecified atom stereocenters. The van der Waals surface area contributed by atoms with Crippen LogP contribution in [0, 0.1) is 18.7 Å². The zero-order valence-electron chi connectivity index (χ0n) is 24.4. The van der Waals surface area contributed by atoms with Gasteiger partial charge in [-0.1, -0.05) is 6.07 Å². The molecule has 0 radical (unpaired) electrons. The van der Waals surface area contributed by atoms with Crippen LogP contribution >= 0.6 is 0 Å². The van der Waals surface area contributed by atoms with Gasteiger partial charge in [-0.05, 0) is 93.5 Å². The molecule has 0 aromatic heterocycles. The van der Waals surface area contributed by atoms with Gasteiger partial charge < -0.3 is 19.4 Å². The van der Waals surface area contributed by atoms with Gasteiger partial charge >= 0.3 is 24.5 Å². The molecule has 3 amide bonds. The van der Waals surface area contributed by atoms with E-state index in [-0.39, 0.29) is 37.2 Å². The standard InChI is InChI=1S/C30H34F7N3O3/c1-17-12-22(31)8-9-23(17)24-16-39(27(42)43-28(2,3)4)10-11-40(24)26(41)38(5)25(18-6-7-18)19-13-20(29(32,33)34)15-21(14-19)30(35,36)37/h8-9,12-15,18,24-25H,6-7,10-11,16H2,1-5H3. The van der Waals surface area contributed by atoms with Gasteiger partial charge in [0.2, 0.25) is 0 Å². The number of aryl methyl sites for hydroxylation is 1. The van der Waals surface area contributed by atoms with Crippen LogP contribution < -0.4 is 0 Å². The highest BCUT2D eigenvalue weighted by Crippen LogP contribution is 2.47. The fraction of sp³-hybridized carbons (Fsp3) is 0.533. The largest absolute Gasteiger partial charge is 0.444 e. The summed E-state index contributed by atoms with van der Waals surface area (Å²) in [6.45, 7) is 6.81. The first kappa shape index (κ1) is 32.4. The Kier molecular flexibility index (Phi) is 8.69. The van der Waals surface area contributed by atoms with E-state index >= 15 is 0 Å². The number of halogens is 7. The first-order valence-corrected chi connectivity index (χ1v) is 13.8. The summed E-state index contributed by atoms with van der Waals surface area (Å²) in [7, 11) is 1.35. The van der Waals surface area contributed by atoms with Crippen molar-refractivity contribution in [2.75, 3.05) is 26.7 Å². The lowest BCUT2D eigenvalue weighted by atomic mass is 9.95. The maximum absolute atomic E-state index is 14.1. The molecule has 2 aromatic rings. The summed E-state index contributed by atoms with van der Waals surface area (Å²) in [5.74, 6) is -0.845. The third-order valence-electron chi connectivity index (χ3n) is 7.61. The second kappa shape index (κ2) is 11.5. The number of piperazine rings is 1. The van der Waals surface area contributed by atoms with Crippen LogP contribution in [0.15, 0.2) is 36.4 Å². The number of nitrogens with zero attached hydrogens (tertiary/aromatic N) is 3. The van der Waals surface area contributed by atoms with Crippen LogP contribution in [0.1, 0.15) is 73.5 Å². The quantitative estimate of drug-likeness (QED) is 0.327. The Balaban J connectivity index is 1.71. The number of benzene rings is 2. The summed E-state index contributed by atoms with van der Waals surface area (Å²) >= 11 is 0. The van der Waals surface area contributed by atoms with Gasteiger partial charge in [-0.25, -0.2) is 14.0 Å². The molecule has 13 heteroatoms. The molecule has 0 spiro atoms. The minimum atomic E-state index is -5.03. The molecule has 1 aliphatic carbocycles. The van der Waals surface area contributed by atoms with Gasteiger partial charge in [-0.2, -0.15) is 26.3 Å². The molecular formula is C30H34F7N3O3. The van der Waals surface area contributed by atoms with Crippen molar-refractivity contribution < 1.29 is 45.1 Å². The van der Waals surface area contributed by atoms with Gasteiger partial charge in [0.05, 0.1) is 23.2 Å². The summed E-state index contributed by atoms with van der Waals surface area (Å²) in [6, 6.07) is 2.92. The van der Waals surface area contributed by atoms with Crippen LogP contribution in [0.25, 0.3) is 0 Å². The SMILES string of the molecule is Cc1cc(F)ccc1C1CN(C(=O)OC(C)(C)C)CCN1C(=O)N(C)C(c1cc(C(F)(F)F)cc(C(F)(F)F)c1)C1CC1. The van der Waals surface area contributed by atoms with E-state index in [0.29, 0.717) is 36.1 Å². The molecule has 2 fully saturated rings. The number of urea groups is 1. The first-order chi connectivity index (χ1) is 19.8. The van der Waals surface area contributed by atoms with Gasteiger partial charge in [0, 0.05) is 26.7 Å². The highest BCUT2D eigenvalue weighted by molar-refractivity contribution is 5.76. The van der Waals surface area contributed by atoms with Crippen molar-refractivity contribution in [1.29, 1.82) is 0 Å². The molecule has 0 bridgehead atoms. The Hall–Kier alpha value is -3.51. The van der Waals surface area contributed by atoms with Gasteiger partial charge in [0.15, 0.2) is 0 Å². The minimum absolute atomic E-state index is 0.00230. The Morgan fingerprint density at radius 3 is 2.00 bits per heavy atom. The van der Waals surface area contributed by atoms with Crippen LogP contribution in [-0.4, -0.2) is 59.1 Å². The smallest absolute Gasteiger partial charge is 0.416 e. The highest BCUT2D eigenvalue weighted by Gasteiger charge is 2.44. The van der Waals surface area contributed by atoms with Crippen LogP contribution in [0.5, 0.6) is 0 Å². The fourth-order valence-electron chi connectivity index (χ4n) is 5.48. The zero-order valence-corrected chi connectivity index (χ0v) is 24.4. The third-order valence-corrected chi connectivity index (χ3v) is 7.61. The zero-order chi connectivity index (χ0) is 32.1. The maximum Gasteiger partial charge on any atom is 0.416 e. The van der Waals surface area contributed by atoms with Crippen molar-refractivity contribution in [3.63, 3.8) is 0 Å². The summed E-state index contributed by atoms with van der Waals surface area (Å²) in [6.07, 6.45) is -9.64. The van der Waals surface area contributed by atoms with Crippen LogP contribution in [-0.2, 0) is 17.1 Å². The van der Waals surface area contributed by atoms with E-state index in [1.54, 1.807) is 27.7 Å². The Bertz CT molecular complexity index is 1330. The number of hydrogen-bond donors (Lipinski definition) is 0. The second-order valence-corrected chi connectivity index (χ2v) is 12.2. The predicted molar refractivity (Wildman–Crippen MR) is 143 cm³/mol. The van der Waals surface area contributed by atoms with Gasteiger partial charge in [-0.3, -0.25) is 0 Å². The van der Waals surface area contributed by atoms with Gasteiger partial charge in [-0.15, -0.1) is 0 Å². The van der Waals surface area contributed by atoms with Crippen molar-refractivity contribution in [1.82, 2.24) is 14.7 Å². The minimum Gasteiger partial charge on any atom is -0.444 e. The summed E-state index contributed by atoms with van der Waals surface area (Å²) in [5, 5.41) is 0. The molecular weight excluding hydrogens is 583 g/mol. The molecule has 1 saturated carbocycles. The van der Waals surface area contributed by atoms with Crippen molar-refractivity contribution in [3.05, 3.63) is 70.0 Å². The highest BCUT2D eigenvalue weighted by atomic mass is 19.4. The van der Waals surface area contributed by atoms with E-state index < -0.39 is 59.1 Å². The predicted octanol–water partition coefficient (Wildman–Crippen LogP) is 7.97. The Morgan fingerprint density at radius 2 is 1.51 bits per heavy atom. The van der Waals surface area contributed by atoms with Crippen LogP contribution in [0.4, 0.5) is 40.3 Å². The molecule has 236 valence electrons. The maximum atomic E-state index is 14.1. The molecule has 2 aromatic carbocycles. The number of alkyl halides is 6. The van der Waals surface area contributed by atoms with E-state index in [1.807, 2.05) is 0 Å². The first-order valence-electron chi connectivity index (χ1n) is 13.8. The fourth-order valence-corrected chi connectivity index (χ4v) is 5.48. The topological polar surface area (TPSA) is 53.1 Å². The molecule has 1 aliphatic heterocycles. The van der Waals surface area contributed by atoms with Crippen molar-refractivity contribution in [3.8, 4) is 0 Å². The monoisotopic (exact) mass is 617 g/mol. The van der Waals surface area contributed by atoms with Gasteiger partial charge in [0.1, 0.15) is 11.4 Å². The number of amides is 3. The molecule has 4 rings (SSSR count). The van der Waals surface area contributed by atoms with E-state index in [4.69, 9.17) is 4.74 Å². The molecule has 1 heterocycles. The summed E-state index contributed by atoms with van der Waals surface area (Å²) in [5.41, 5.74) is -2.91. The summed E-state index contributed by atoms with van der Waals surface area (Å²) < 4.78 is 101. The number of carbonyl (C=O) groups excluding carboxylic acids is 2. The summed E-state index contributed by atoms with van der Waals surface area (Å²) in [4.78, 5) is 31.0. The lowest BCUT2D eigenvalue weighted by Gasteiger charge is -2.44. The number of carbonyl (C=O) groups is 2. The molecule has 6 nitrogen and oxygen atoms in total. The molecule has 1 saturated heterocycles. The van der Waals surface area contributed by atoms with Crippen molar-refractivity contribution >= 4 is 12.1 Å². The third kappa shape index (κ3) is 7.53. The molecule has 2 aliphatic rings. The Morgan fingerprint density at radius 1 is 0.930 bits per heavy atom.